The van der Waals surface area contributed by atoms with Crippen molar-refractivity contribution in [2.24, 2.45) is 0 Å². The molecule has 1 atom stereocenters. The second kappa shape index (κ2) is 4.62. The van der Waals surface area contributed by atoms with Crippen LogP contribution >= 0.6 is 0 Å². The Hall–Kier alpha value is -1.53. The SMILES string of the molecule is CC(C=O)c1cc(C(F)(F)F)cc(C(F)(F)F)c1. The van der Waals surface area contributed by atoms with E-state index in [1.54, 1.807) is 0 Å². The largest absolute Gasteiger partial charge is 0.416 e. The molecule has 100 valence electrons. The predicted molar refractivity (Wildman–Crippen MR) is 50.9 cm³/mol. The first-order chi connectivity index (χ1) is 8.05. The molecule has 18 heavy (non-hydrogen) atoms. The zero-order valence-corrected chi connectivity index (χ0v) is 9.06. The first-order valence-electron chi connectivity index (χ1n) is 4.80. The van der Waals surface area contributed by atoms with Crippen LogP contribution in [0.25, 0.3) is 0 Å². The molecule has 1 aromatic rings. The predicted octanol–water partition coefficient (Wildman–Crippen LogP) is 4.03. The summed E-state index contributed by atoms with van der Waals surface area (Å²) < 4.78 is 74.7. The second-order valence-electron chi connectivity index (χ2n) is 3.76. The lowest BCUT2D eigenvalue weighted by Crippen LogP contribution is -2.12. The minimum absolute atomic E-state index is 0.0288. The summed E-state index contributed by atoms with van der Waals surface area (Å²) in [7, 11) is 0. The van der Waals surface area contributed by atoms with Crippen LogP contribution in [0.2, 0.25) is 0 Å². The molecule has 0 saturated carbocycles. The molecule has 0 saturated heterocycles. The average Bonchev–Trinajstić information content (AvgIpc) is 2.25. The molecule has 1 aromatic carbocycles. The van der Waals surface area contributed by atoms with Crippen LogP contribution in [0.4, 0.5) is 26.3 Å². The number of alkyl halides is 6. The number of rotatable bonds is 2. The summed E-state index contributed by atoms with van der Waals surface area (Å²) in [4.78, 5) is 10.5. The Balaban J connectivity index is 3.43. The van der Waals surface area contributed by atoms with Crippen molar-refractivity contribution >= 4 is 6.29 Å². The monoisotopic (exact) mass is 270 g/mol. The van der Waals surface area contributed by atoms with E-state index in [2.05, 4.69) is 0 Å². The Labute approximate surface area is 98.4 Å². The molecule has 0 N–H and O–H groups in total. The fraction of sp³-hybridized carbons (Fsp3) is 0.364. The van der Waals surface area contributed by atoms with E-state index in [0.29, 0.717) is 12.1 Å². The van der Waals surface area contributed by atoms with E-state index in [4.69, 9.17) is 0 Å². The highest BCUT2D eigenvalue weighted by molar-refractivity contribution is 5.62. The van der Waals surface area contributed by atoms with Gasteiger partial charge in [-0.2, -0.15) is 26.3 Å². The molecule has 0 heterocycles. The van der Waals surface area contributed by atoms with Crippen LogP contribution in [0.1, 0.15) is 29.5 Å². The molecule has 1 rings (SSSR count). The third-order valence-electron chi connectivity index (χ3n) is 2.34. The highest BCUT2D eigenvalue weighted by Crippen LogP contribution is 2.37. The van der Waals surface area contributed by atoms with Gasteiger partial charge in [0, 0.05) is 5.92 Å². The molecular formula is C11H8F6O. The maximum atomic E-state index is 12.4. The standard InChI is InChI=1S/C11H8F6O/c1-6(5-18)7-2-8(10(12,13)14)4-9(3-7)11(15,16)17/h2-6H,1H3. The van der Waals surface area contributed by atoms with Gasteiger partial charge in [-0.25, -0.2) is 0 Å². The van der Waals surface area contributed by atoms with Crippen molar-refractivity contribution in [2.75, 3.05) is 0 Å². The zero-order valence-electron chi connectivity index (χ0n) is 9.06. The van der Waals surface area contributed by atoms with Gasteiger partial charge in [0.25, 0.3) is 0 Å². The quantitative estimate of drug-likeness (QED) is 0.585. The molecule has 0 spiro atoms. The van der Waals surface area contributed by atoms with Gasteiger partial charge in [-0.15, -0.1) is 0 Å². The van der Waals surface area contributed by atoms with Crippen LogP contribution in [0.3, 0.4) is 0 Å². The van der Waals surface area contributed by atoms with Gasteiger partial charge in [0.05, 0.1) is 11.1 Å². The topological polar surface area (TPSA) is 17.1 Å². The van der Waals surface area contributed by atoms with E-state index < -0.39 is 29.4 Å². The van der Waals surface area contributed by atoms with E-state index in [9.17, 15) is 31.1 Å². The third kappa shape index (κ3) is 3.24. The number of halogens is 6. The number of carbonyl (C=O) groups is 1. The molecule has 0 amide bonds. The van der Waals surface area contributed by atoms with Gasteiger partial charge in [-0.05, 0) is 23.8 Å². The van der Waals surface area contributed by atoms with Gasteiger partial charge in [-0.3, -0.25) is 0 Å². The molecule has 7 heteroatoms. The fourth-order valence-corrected chi connectivity index (χ4v) is 1.32. The summed E-state index contributed by atoms with van der Waals surface area (Å²) >= 11 is 0. The zero-order chi connectivity index (χ0) is 14.1. The second-order valence-corrected chi connectivity index (χ2v) is 3.76. The Morgan fingerprint density at radius 3 is 1.61 bits per heavy atom. The molecule has 1 nitrogen and oxygen atoms in total. The van der Waals surface area contributed by atoms with E-state index in [-0.39, 0.29) is 17.9 Å². The molecule has 0 aliphatic rings. The van der Waals surface area contributed by atoms with Gasteiger partial charge in [0.2, 0.25) is 0 Å². The first-order valence-corrected chi connectivity index (χ1v) is 4.80. The van der Waals surface area contributed by atoms with Crippen molar-refractivity contribution < 1.29 is 31.1 Å². The molecule has 0 aliphatic carbocycles. The van der Waals surface area contributed by atoms with Crippen LogP contribution in [-0.4, -0.2) is 6.29 Å². The maximum absolute atomic E-state index is 12.4. The Morgan fingerprint density at radius 2 is 1.33 bits per heavy atom. The third-order valence-corrected chi connectivity index (χ3v) is 2.34. The van der Waals surface area contributed by atoms with Gasteiger partial charge >= 0.3 is 12.4 Å². The van der Waals surface area contributed by atoms with Crippen LogP contribution < -0.4 is 0 Å². The summed E-state index contributed by atoms with van der Waals surface area (Å²) in [6.07, 6.45) is -9.49. The summed E-state index contributed by atoms with van der Waals surface area (Å²) in [6, 6.07) is 1.13. The molecule has 1 unspecified atom stereocenters. The lowest BCUT2D eigenvalue weighted by Gasteiger charge is -2.15. The molecular weight excluding hydrogens is 262 g/mol. The van der Waals surface area contributed by atoms with Crippen molar-refractivity contribution in [1.82, 2.24) is 0 Å². The van der Waals surface area contributed by atoms with E-state index in [0.717, 1.165) is 0 Å². The first kappa shape index (κ1) is 14.5. The van der Waals surface area contributed by atoms with Gasteiger partial charge < -0.3 is 4.79 Å². The Morgan fingerprint density at radius 1 is 0.944 bits per heavy atom. The lowest BCUT2D eigenvalue weighted by molar-refractivity contribution is -0.143. The van der Waals surface area contributed by atoms with Crippen LogP contribution in [-0.2, 0) is 17.1 Å². The molecule has 0 aromatic heterocycles. The Kier molecular flexibility index (Phi) is 3.73. The van der Waals surface area contributed by atoms with Crippen molar-refractivity contribution in [2.45, 2.75) is 25.2 Å². The van der Waals surface area contributed by atoms with Crippen LogP contribution in [0, 0.1) is 0 Å². The minimum Gasteiger partial charge on any atom is -0.303 e. The highest BCUT2D eigenvalue weighted by Gasteiger charge is 2.37. The maximum Gasteiger partial charge on any atom is 0.416 e. The number of hydrogen-bond donors (Lipinski definition) is 0. The number of aldehydes is 1. The summed E-state index contributed by atoms with van der Waals surface area (Å²) in [5.41, 5.74) is -3.14. The molecule has 0 aliphatic heterocycles. The normalized spacial score (nSPS) is 14.4. The van der Waals surface area contributed by atoms with Gasteiger partial charge in [0.15, 0.2) is 0 Å². The van der Waals surface area contributed by atoms with Crippen molar-refractivity contribution in [3.05, 3.63) is 34.9 Å². The van der Waals surface area contributed by atoms with E-state index in [1.807, 2.05) is 0 Å². The summed E-state index contributed by atoms with van der Waals surface area (Å²) in [6.45, 7) is 1.22. The lowest BCUT2D eigenvalue weighted by atomic mass is 9.97. The Bertz CT molecular complexity index is 414. The smallest absolute Gasteiger partial charge is 0.303 e. The number of hydrogen-bond acceptors (Lipinski definition) is 1. The highest BCUT2D eigenvalue weighted by atomic mass is 19.4. The molecule has 0 bridgehead atoms. The number of benzene rings is 1. The molecule has 0 radical (unpaired) electrons. The molecule has 0 fully saturated rings. The van der Waals surface area contributed by atoms with E-state index in [1.165, 1.54) is 6.92 Å². The van der Waals surface area contributed by atoms with Crippen molar-refractivity contribution in [3.63, 3.8) is 0 Å². The van der Waals surface area contributed by atoms with Crippen LogP contribution in [0.5, 0.6) is 0 Å². The van der Waals surface area contributed by atoms with Gasteiger partial charge in [-0.1, -0.05) is 6.92 Å². The number of carbonyl (C=O) groups excluding carboxylic acids is 1. The van der Waals surface area contributed by atoms with Crippen LogP contribution in [0.15, 0.2) is 18.2 Å². The average molecular weight is 270 g/mol. The summed E-state index contributed by atoms with van der Waals surface area (Å²) in [5, 5.41) is 0. The minimum atomic E-state index is -4.89. The fourth-order valence-electron chi connectivity index (χ4n) is 1.32. The van der Waals surface area contributed by atoms with E-state index >= 15 is 0 Å². The summed E-state index contributed by atoms with van der Waals surface area (Å²) in [5.74, 6) is -1.03. The van der Waals surface area contributed by atoms with Gasteiger partial charge in [0.1, 0.15) is 6.29 Å². The van der Waals surface area contributed by atoms with Crippen molar-refractivity contribution in [1.29, 1.82) is 0 Å². The van der Waals surface area contributed by atoms with Crippen molar-refractivity contribution in [3.8, 4) is 0 Å².